The van der Waals surface area contributed by atoms with Gasteiger partial charge in [0.2, 0.25) is 0 Å². The Kier molecular flexibility index (Phi) is 3.67. The highest BCUT2D eigenvalue weighted by atomic mass is 15.3. The molecule has 0 saturated heterocycles. The number of rotatable bonds is 5. The lowest BCUT2D eigenvalue weighted by Gasteiger charge is -2.06. The molecule has 1 heterocycles. The first-order chi connectivity index (χ1) is 8.11. The number of aromatic nitrogens is 2. The molecule has 1 saturated carbocycles. The zero-order valence-corrected chi connectivity index (χ0v) is 11.4. The Morgan fingerprint density at radius 1 is 1.47 bits per heavy atom. The van der Waals surface area contributed by atoms with Crippen molar-refractivity contribution in [2.45, 2.75) is 46.1 Å². The second kappa shape index (κ2) is 5.05. The number of aryl methyl sites for hydroxylation is 2. The van der Waals surface area contributed by atoms with E-state index in [9.17, 15) is 0 Å². The maximum absolute atomic E-state index is 4.46. The van der Waals surface area contributed by atoms with Gasteiger partial charge in [-0.3, -0.25) is 4.68 Å². The largest absolute Gasteiger partial charge is 0.310 e. The van der Waals surface area contributed by atoms with Crippen LogP contribution in [0.1, 0.15) is 43.1 Å². The molecule has 0 bridgehead atoms. The summed E-state index contributed by atoms with van der Waals surface area (Å²) in [6.45, 7) is 7.46. The first-order valence-electron chi connectivity index (χ1n) is 6.54. The molecule has 1 fully saturated rings. The van der Waals surface area contributed by atoms with Crippen LogP contribution in [0.2, 0.25) is 0 Å². The molecule has 1 N–H and O–H groups in total. The number of nitrogens with zero attached hydrogens (tertiary/aromatic N) is 2. The highest BCUT2D eigenvalue weighted by molar-refractivity contribution is 5.57. The maximum Gasteiger partial charge on any atom is 0.0668 e. The van der Waals surface area contributed by atoms with Gasteiger partial charge in [-0.05, 0) is 33.1 Å². The van der Waals surface area contributed by atoms with Gasteiger partial charge in [-0.1, -0.05) is 18.6 Å². The van der Waals surface area contributed by atoms with Crippen LogP contribution in [0.15, 0.2) is 5.57 Å². The van der Waals surface area contributed by atoms with Gasteiger partial charge in [0, 0.05) is 30.9 Å². The van der Waals surface area contributed by atoms with Crippen molar-refractivity contribution < 1.29 is 0 Å². The van der Waals surface area contributed by atoms with Crippen LogP contribution in [0.4, 0.5) is 0 Å². The van der Waals surface area contributed by atoms with Crippen molar-refractivity contribution in [2.75, 3.05) is 6.54 Å². The lowest BCUT2D eigenvalue weighted by Crippen LogP contribution is -2.18. The molecule has 0 spiro atoms. The fourth-order valence-corrected chi connectivity index (χ4v) is 2.04. The van der Waals surface area contributed by atoms with Gasteiger partial charge in [-0.25, -0.2) is 0 Å². The molecule has 3 nitrogen and oxygen atoms in total. The molecule has 3 heteroatoms. The second-order valence-corrected chi connectivity index (χ2v) is 5.02. The van der Waals surface area contributed by atoms with Crippen molar-refractivity contribution >= 4 is 6.08 Å². The van der Waals surface area contributed by atoms with E-state index in [4.69, 9.17) is 0 Å². The maximum atomic E-state index is 4.46. The van der Waals surface area contributed by atoms with Crippen LogP contribution in [0, 0.1) is 13.8 Å². The molecule has 1 aliphatic carbocycles. The molecule has 0 aromatic carbocycles. The summed E-state index contributed by atoms with van der Waals surface area (Å²) in [5.74, 6) is 0. The predicted molar refractivity (Wildman–Crippen MR) is 72.0 cm³/mol. The summed E-state index contributed by atoms with van der Waals surface area (Å²) < 4.78 is 1.96. The van der Waals surface area contributed by atoms with Crippen molar-refractivity contribution in [2.24, 2.45) is 7.05 Å². The normalized spacial score (nSPS) is 16.6. The van der Waals surface area contributed by atoms with Gasteiger partial charge in [0.25, 0.3) is 0 Å². The Hall–Kier alpha value is -1.09. The van der Waals surface area contributed by atoms with Crippen molar-refractivity contribution in [1.29, 1.82) is 0 Å². The zero-order valence-electron chi connectivity index (χ0n) is 11.4. The molecule has 1 aromatic rings. The van der Waals surface area contributed by atoms with E-state index < -0.39 is 0 Å². The van der Waals surface area contributed by atoms with Crippen LogP contribution in [0.25, 0.3) is 6.08 Å². The van der Waals surface area contributed by atoms with Crippen LogP contribution < -0.4 is 5.32 Å². The van der Waals surface area contributed by atoms with E-state index in [1.54, 1.807) is 0 Å². The third-order valence-corrected chi connectivity index (χ3v) is 3.56. The zero-order chi connectivity index (χ0) is 12.4. The molecule has 1 aliphatic rings. The Bertz CT molecular complexity index is 425. The fourth-order valence-electron chi connectivity index (χ4n) is 2.04. The minimum absolute atomic E-state index is 0.779. The topological polar surface area (TPSA) is 29.9 Å². The lowest BCUT2D eigenvalue weighted by atomic mass is 10.1. The second-order valence-electron chi connectivity index (χ2n) is 5.02. The molecular formula is C14H23N3. The summed E-state index contributed by atoms with van der Waals surface area (Å²) in [6.07, 6.45) is 6.12. The van der Waals surface area contributed by atoms with Gasteiger partial charge >= 0.3 is 0 Å². The predicted octanol–water partition coefficient (Wildman–Crippen LogP) is 2.58. The van der Waals surface area contributed by atoms with Gasteiger partial charge in [0.05, 0.1) is 5.69 Å². The molecule has 1 aromatic heterocycles. The van der Waals surface area contributed by atoms with Gasteiger partial charge in [-0.2, -0.15) is 5.10 Å². The number of hydrogen-bond acceptors (Lipinski definition) is 2. The van der Waals surface area contributed by atoms with Gasteiger partial charge < -0.3 is 5.32 Å². The quantitative estimate of drug-likeness (QED) is 0.847. The standard InChI is InChI=1S/C14H23N3/c1-5-12(9-15-13-6-7-13)8-14-10(2)16-17(4)11(14)3/h8,13,15H,5-7,9H2,1-4H3. The van der Waals surface area contributed by atoms with Crippen LogP contribution in [0.5, 0.6) is 0 Å². The summed E-state index contributed by atoms with van der Waals surface area (Å²) in [5, 5.41) is 8.04. The Balaban J connectivity index is 2.12. The molecule has 0 aliphatic heterocycles. The van der Waals surface area contributed by atoms with Crippen LogP contribution >= 0.6 is 0 Å². The molecule has 17 heavy (non-hydrogen) atoms. The number of nitrogens with one attached hydrogen (secondary N) is 1. The van der Waals surface area contributed by atoms with Crippen LogP contribution in [-0.4, -0.2) is 22.4 Å². The third-order valence-electron chi connectivity index (χ3n) is 3.56. The average Bonchev–Trinajstić information content (AvgIpc) is 3.08. The van der Waals surface area contributed by atoms with Crippen LogP contribution in [-0.2, 0) is 7.05 Å². The molecule has 0 amide bonds. The first kappa shape index (κ1) is 12.4. The van der Waals surface area contributed by atoms with Gasteiger partial charge in [-0.15, -0.1) is 0 Å². The third kappa shape index (κ3) is 2.97. The summed E-state index contributed by atoms with van der Waals surface area (Å²) >= 11 is 0. The minimum Gasteiger partial charge on any atom is -0.310 e. The highest BCUT2D eigenvalue weighted by Crippen LogP contribution is 2.21. The minimum atomic E-state index is 0.779. The molecule has 0 unspecified atom stereocenters. The molecule has 0 radical (unpaired) electrons. The number of hydrogen-bond donors (Lipinski definition) is 1. The van der Waals surface area contributed by atoms with Crippen molar-refractivity contribution in [3.8, 4) is 0 Å². The van der Waals surface area contributed by atoms with E-state index in [2.05, 4.69) is 37.3 Å². The van der Waals surface area contributed by atoms with E-state index in [1.807, 2.05) is 11.7 Å². The summed E-state index contributed by atoms with van der Waals surface area (Å²) in [5.41, 5.74) is 5.14. The van der Waals surface area contributed by atoms with E-state index >= 15 is 0 Å². The highest BCUT2D eigenvalue weighted by Gasteiger charge is 2.20. The Morgan fingerprint density at radius 3 is 2.65 bits per heavy atom. The smallest absolute Gasteiger partial charge is 0.0668 e. The molecular weight excluding hydrogens is 210 g/mol. The van der Waals surface area contributed by atoms with E-state index in [0.717, 1.165) is 24.7 Å². The Labute approximate surface area is 104 Å². The molecule has 0 atom stereocenters. The monoisotopic (exact) mass is 233 g/mol. The van der Waals surface area contributed by atoms with E-state index in [1.165, 1.54) is 29.7 Å². The van der Waals surface area contributed by atoms with E-state index in [-0.39, 0.29) is 0 Å². The molecule has 94 valence electrons. The van der Waals surface area contributed by atoms with Gasteiger partial charge in [0.15, 0.2) is 0 Å². The summed E-state index contributed by atoms with van der Waals surface area (Å²) in [6, 6.07) is 0.779. The lowest BCUT2D eigenvalue weighted by molar-refractivity contribution is 0.722. The van der Waals surface area contributed by atoms with Crippen molar-refractivity contribution in [3.05, 3.63) is 22.5 Å². The summed E-state index contributed by atoms with van der Waals surface area (Å²) in [7, 11) is 2.01. The van der Waals surface area contributed by atoms with Crippen LogP contribution in [0.3, 0.4) is 0 Å². The SMILES string of the molecule is CCC(=Cc1c(C)nn(C)c1C)CNC1CC1. The first-order valence-corrected chi connectivity index (χ1v) is 6.54. The average molecular weight is 233 g/mol. The van der Waals surface area contributed by atoms with E-state index in [0.29, 0.717) is 0 Å². The van der Waals surface area contributed by atoms with Gasteiger partial charge in [0.1, 0.15) is 0 Å². The Morgan fingerprint density at radius 2 is 2.18 bits per heavy atom. The van der Waals surface area contributed by atoms with Crippen molar-refractivity contribution in [3.63, 3.8) is 0 Å². The molecule has 2 rings (SSSR count). The fraction of sp³-hybridized carbons (Fsp3) is 0.643. The van der Waals surface area contributed by atoms with Crippen molar-refractivity contribution in [1.82, 2.24) is 15.1 Å². The summed E-state index contributed by atoms with van der Waals surface area (Å²) in [4.78, 5) is 0.